The van der Waals surface area contributed by atoms with Crippen molar-refractivity contribution in [2.24, 2.45) is 0 Å². The van der Waals surface area contributed by atoms with Gasteiger partial charge in [-0.3, -0.25) is 9.21 Å². The minimum atomic E-state index is -3.73. The van der Waals surface area contributed by atoms with Crippen molar-refractivity contribution in [1.29, 1.82) is 0 Å². The third-order valence-corrected chi connectivity index (χ3v) is 10.5. The van der Waals surface area contributed by atoms with E-state index in [0.29, 0.717) is 5.69 Å². The first-order valence-corrected chi connectivity index (χ1v) is 16.4. The number of aromatic amines is 1. The van der Waals surface area contributed by atoms with E-state index in [-0.39, 0.29) is 4.90 Å². The first kappa shape index (κ1) is 28.3. The summed E-state index contributed by atoms with van der Waals surface area (Å²) in [5.74, 6) is 0. The van der Waals surface area contributed by atoms with Crippen molar-refractivity contribution in [1.82, 2.24) is 19.8 Å². The third-order valence-electron chi connectivity index (χ3n) is 8.70. The third kappa shape index (κ3) is 5.26. The van der Waals surface area contributed by atoms with E-state index in [9.17, 15) is 8.42 Å². The van der Waals surface area contributed by atoms with Crippen LogP contribution in [0.2, 0.25) is 0 Å². The van der Waals surface area contributed by atoms with Crippen LogP contribution in [0.25, 0.3) is 44.2 Å². The fraction of sp³-hybridized carbons (Fsp3) is 0.194. The lowest BCUT2D eigenvalue weighted by Crippen LogP contribution is -2.43. The second-order valence-corrected chi connectivity index (χ2v) is 13.5. The molecule has 4 aromatic carbocycles. The number of H-pyrrole nitrogens is 1. The fourth-order valence-corrected chi connectivity index (χ4v) is 7.31. The molecule has 0 saturated carbocycles. The number of likely N-dealkylation sites (N-methyl/N-ethyl adjacent to an activating group) is 1. The lowest BCUT2D eigenvalue weighted by Gasteiger charge is -2.32. The minimum absolute atomic E-state index is 0.256. The zero-order valence-corrected chi connectivity index (χ0v) is 25.8. The maximum absolute atomic E-state index is 13.5. The second kappa shape index (κ2) is 11.5. The average molecular weight is 602 g/mol. The molecule has 6 aromatic rings. The van der Waals surface area contributed by atoms with Crippen LogP contribution >= 0.6 is 0 Å². The zero-order valence-electron chi connectivity index (χ0n) is 24.9. The highest BCUT2D eigenvalue weighted by Gasteiger charge is 2.23. The number of piperazine rings is 1. The molecule has 1 aliphatic heterocycles. The van der Waals surface area contributed by atoms with Gasteiger partial charge in [0.2, 0.25) is 0 Å². The van der Waals surface area contributed by atoms with Gasteiger partial charge in [-0.05, 0) is 54.1 Å². The molecule has 3 heterocycles. The van der Waals surface area contributed by atoms with Crippen LogP contribution in [-0.2, 0) is 16.6 Å². The molecule has 0 spiro atoms. The number of pyridine rings is 1. The molecular weight excluding hydrogens is 566 g/mol. The minimum Gasteiger partial charge on any atom is -0.339 e. The summed E-state index contributed by atoms with van der Waals surface area (Å²) in [5, 5.41) is 1.89. The standard InChI is InChI=1S/C36H35N5O2S/c1-39-19-21-41(22-20-39)25-26-13-15-27(16-14-26)32-24-37-36-35(34(32)28-9-5-3-6-10-28)31-23-29(17-18-33(31)38-36)40(2)44(42,43)30-11-7-4-8-12-30/h3-18,23-24H,19-22,25H2,1-2H3,(H,37,38). The predicted molar refractivity (Wildman–Crippen MR) is 179 cm³/mol. The van der Waals surface area contributed by atoms with Crippen molar-refractivity contribution in [3.63, 3.8) is 0 Å². The second-order valence-electron chi connectivity index (χ2n) is 11.6. The van der Waals surface area contributed by atoms with Crippen molar-refractivity contribution in [2.75, 3.05) is 44.6 Å². The van der Waals surface area contributed by atoms with Crippen molar-refractivity contribution >= 4 is 37.6 Å². The van der Waals surface area contributed by atoms with Crippen LogP contribution in [0.5, 0.6) is 0 Å². The summed E-state index contributed by atoms with van der Waals surface area (Å²) in [6, 6.07) is 33.4. The van der Waals surface area contributed by atoms with E-state index in [0.717, 1.165) is 76.9 Å². The summed E-state index contributed by atoms with van der Waals surface area (Å²) in [5.41, 5.74) is 7.82. The van der Waals surface area contributed by atoms with Gasteiger partial charge in [0.05, 0.1) is 10.6 Å². The molecule has 0 radical (unpaired) electrons. The van der Waals surface area contributed by atoms with Gasteiger partial charge in [0, 0.05) is 73.4 Å². The van der Waals surface area contributed by atoms with E-state index in [1.807, 2.05) is 48.7 Å². The van der Waals surface area contributed by atoms with Crippen LogP contribution in [-0.4, -0.2) is 68.5 Å². The molecule has 0 atom stereocenters. The molecule has 0 amide bonds. The molecule has 44 heavy (non-hydrogen) atoms. The van der Waals surface area contributed by atoms with Gasteiger partial charge in [0.25, 0.3) is 10.0 Å². The van der Waals surface area contributed by atoms with Gasteiger partial charge in [-0.15, -0.1) is 0 Å². The Labute approximate surface area is 258 Å². The first-order valence-electron chi connectivity index (χ1n) is 14.9. The predicted octanol–water partition coefficient (Wildman–Crippen LogP) is 6.62. The molecule has 7 rings (SSSR count). The van der Waals surface area contributed by atoms with Crippen LogP contribution in [0.1, 0.15) is 5.56 Å². The molecule has 1 N–H and O–H groups in total. The number of hydrogen-bond donors (Lipinski definition) is 1. The van der Waals surface area contributed by atoms with Crippen LogP contribution < -0.4 is 4.31 Å². The van der Waals surface area contributed by atoms with Crippen molar-refractivity contribution < 1.29 is 8.42 Å². The van der Waals surface area contributed by atoms with Gasteiger partial charge in [0.1, 0.15) is 5.65 Å². The summed E-state index contributed by atoms with van der Waals surface area (Å²) in [6.45, 7) is 5.32. The molecule has 8 heteroatoms. The van der Waals surface area contributed by atoms with Crippen molar-refractivity contribution in [3.8, 4) is 22.3 Å². The molecule has 1 saturated heterocycles. The Balaban J connectivity index is 1.33. The van der Waals surface area contributed by atoms with Crippen LogP contribution in [0.4, 0.5) is 5.69 Å². The van der Waals surface area contributed by atoms with Crippen LogP contribution in [0.3, 0.4) is 0 Å². The van der Waals surface area contributed by atoms with E-state index in [4.69, 9.17) is 4.98 Å². The topological polar surface area (TPSA) is 72.5 Å². The van der Waals surface area contributed by atoms with E-state index in [1.165, 1.54) is 9.87 Å². The molecule has 1 aliphatic rings. The van der Waals surface area contributed by atoms with Gasteiger partial charge < -0.3 is 9.88 Å². The Morgan fingerprint density at radius 3 is 2.20 bits per heavy atom. The van der Waals surface area contributed by atoms with Gasteiger partial charge in [-0.1, -0.05) is 72.8 Å². The largest absolute Gasteiger partial charge is 0.339 e. The monoisotopic (exact) mass is 601 g/mol. The fourth-order valence-electron chi connectivity index (χ4n) is 6.11. The van der Waals surface area contributed by atoms with Gasteiger partial charge in [0.15, 0.2) is 0 Å². The quantitative estimate of drug-likeness (QED) is 0.223. The Kier molecular flexibility index (Phi) is 7.42. The lowest BCUT2D eigenvalue weighted by atomic mass is 9.92. The molecule has 0 unspecified atom stereocenters. The van der Waals surface area contributed by atoms with Crippen LogP contribution in [0, 0.1) is 0 Å². The first-order chi connectivity index (χ1) is 21.4. The number of rotatable bonds is 7. The molecular formula is C36H35N5O2S. The Morgan fingerprint density at radius 2 is 1.50 bits per heavy atom. The Hall–Kier alpha value is -4.50. The zero-order chi connectivity index (χ0) is 30.3. The number of nitrogens with zero attached hydrogens (tertiary/aromatic N) is 4. The average Bonchev–Trinajstić information content (AvgIpc) is 3.44. The van der Waals surface area contributed by atoms with Gasteiger partial charge in [-0.2, -0.15) is 0 Å². The van der Waals surface area contributed by atoms with Crippen molar-refractivity contribution in [3.05, 3.63) is 115 Å². The highest BCUT2D eigenvalue weighted by Crippen LogP contribution is 2.41. The number of hydrogen-bond acceptors (Lipinski definition) is 5. The molecule has 1 fully saturated rings. The molecule has 222 valence electrons. The molecule has 7 nitrogen and oxygen atoms in total. The summed E-state index contributed by atoms with van der Waals surface area (Å²) < 4.78 is 28.3. The highest BCUT2D eigenvalue weighted by atomic mass is 32.2. The highest BCUT2D eigenvalue weighted by molar-refractivity contribution is 7.92. The number of anilines is 1. The smallest absolute Gasteiger partial charge is 0.264 e. The Morgan fingerprint density at radius 1 is 0.818 bits per heavy atom. The number of aromatic nitrogens is 2. The summed E-state index contributed by atoms with van der Waals surface area (Å²) in [7, 11) is 0.0558. The Bertz CT molecular complexity index is 2030. The molecule has 2 aromatic heterocycles. The number of fused-ring (bicyclic) bond motifs is 3. The normalized spacial score (nSPS) is 14.8. The van der Waals surface area contributed by atoms with E-state index >= 15 is 0 Å². The van der Waals surface area contributed by atoms with E-state index in [1.54, 1.807) is 31.3 Å². The maximum Gasteiger partial charge on any atom is 0.264 e. The number of sulfonamides is 1. The SMILES string of the molecule is CN1CCN(Cc2ccc(-c3cnc4[nH]c5ccc(N(C)S(=O)(=O)c6ccccc6)cc5c4c3-c3ccccc3)cc2)CC1. The van der Waals surface area contributed by atoms with E-state index < -0.39 is 10.0 Å². The number of benzene rings is 4. The molecule has 0 aliphatic carbocycles. The van der Waals surface area contributed by atoms with E-state index in [2.05, 4.69) is 58.2 Å². The lowest BCUT2D eigenvalue weighted by molar-refractivity contribution is 0.148. The summed E-state index contributed by atoms with van der Waals surface area (Å²) in [6.07, 6.45) is 1.95. The van der Waals surface area contributed by atoms with Crippen molar-refractivity contribution in [2.45, 2.75) is 11.4 Å². The van der Waals surface area contributed by atoms with Gasteiger partial charge >= 0.3 is 0 Å². The summed E-state index contributed by atoms with van der Waals surface area (Å²) in [4.78, 5) is 13.5. The van der Waals surface area contributed by atoms with Gasteiger partial charge in [-0.25, -0.2) is 13.4 Å². The maximum atomic E-state index is 13.5. The van der Waals surface area contributed by atoms with Crippen LogP contribution in [0.15, 0.2) is 114 Å². The molecule has 0 bridgehead atoms. The summed E-state index contributed by atoms with van der Waals surface area (Å²) >= 11 is 0. The number of nitrogens with one attached hydrogen (secondary N) is 1.